The number of aliphatic hydroxyl groups is 1. The Morgan fingerprint density at radius 1 is 1.04 bits per heavy atom. The summed E-state index contributed by atoms with van der Waals surface area (Å²) in [6.45, 7) is 2.15. The third-order valence-electron chi connectivity index (χ3n) is 4.20. The van der Waals surface area contributed by atoms with Crippen LogP contribution in [0.3, 0.4) is 0 Å². The van der Waals surface area contributed by atoms with Crippen molar-refractivity contribution in [2.45, 2.75) is 38.7 Å². The average molecular weight is 338 g/mol. The number of benzene rings is 2. The molecule has 2 aromatic carbocycles. The number of esters is 1. The van der Waals surface area contributed by atoms with E-state index in [0.29, 0.717) is 5.56 Å². The van der Waals surface area contributed by atoms with Crippen molar-refractivity contribution >= 4 is 5.97 Å². The molecular weight excluding hydrogens is 312 g/mol. The van der Waals surface area contributed by atoms with E-state index in [1.165, 1.54) is 6.26 Å². The van der Waals surface area contributed by atoms with Gasteiger partial charge in [-0.1, -0.05) is 74.7 Å². The topological polar surface area (TPSA) is 46.5 Å². The molecule has 0 aromatic heterocycles. The molecule has 2 rings (SSSR count). The van der Waals surface area contributed by atoms with E-state index in [0.717, 1.165) is 31.2 Å². The number of aliphatic hydroxyl groups excluding tert-OH is 1. The number of carbonyl (C=O) groups excluding carboxylic acids is 1. The van der Waals surface area contributed by atoms with E-state index in [9.17, 15) is 9.90 Å². The van der Waals surface area contributed by atoms with Crippen LogP contribution >= 0.6 is 0 Å². The molecule has 0 radical (unpaired) electrons. The molecule has 0 saturated carbocycles. The van der Waals surface area contributed by atoms with Gasteiger partial charge in [-0.15, -0.1) is 0 Å². The lowest BCUT2D eigenvalue weighted by Crippen LogP contribution is -2.11. The molecule has 2 aromatic rings. The van der Waals surface area contributed by atoms with Gasteiger partial charge < -0.3 is 9.84 Å². The zero-order valence-electron chi connectivity index (χ0n) is 14.7. The molecule has 0 aliphatic heterocycles. The Labute approximate surface area is 150 Å². The summed E-state index contributed by atoms with van der Waals surface area (Å²) in [6, 6.07) is 18.5. The highest BCUT2D eigenvalue weighted by Gasteiger charge is 2.18. The monoisotopic (exact) mass is 338 g/mol. The number of unbranched alkanes of at least 4 members (excludes halogenated alkanes) is 2. The van der Waals surface area contributed by atoms with Gasteiger partial charge in [0.25, 0.3) is 0 Å². The fraction of sp³-hybridized carbons (Fsp3) is 0.318. The summed E-state index contributed by atoms with van der Waals surface area (Å²) in [7, 11) is 0. The van der Waals surface area contributed by atoms with Gasteiger partial charge >= 0.3 is 5.97 Å². The van der Waals surface area contributed by atoms with Gasteiger partial charge in [-0.3, -0.25) is 0 Å². The molecule has 3 nitrogen and oxygen atoms in total. The lowest BCUT2D eigenvalue weighted by atomic mass is 9.91. The molecule has 0 aliphatic carbocycles. The van der Waals surface area contributed by atoms with Gasteiger partial charge in [0.15, 0.2) is 0 Å². The Hall–Kier alpha value is -2.39. The zero-order chi connectivity index (χ0) is 17.9. The zero-order valence-corrected chi connectivity index (χ0v) is 14.7. The molecule has 0 bridgehead atoms. The number of carbonyl (C=O) groups is 1. The molecule has 2 atom stereocenters. The van der Waals surface area contributed by atoms with Gasteiger partial charge in [0.05, 0.1) is 17.9 Å². The molecule has 3 heteroatoms. The van der Waals surface area contributed by atoms with Gasteiger partial charge in [0.2, 0.25) is 0 Å². The van der Waals surface area contributed by atoms with Crippen LogP contribution in [-0.2, 0) is 4.74 Å². The molecule has 0 amide bonds. The maximum atomic E-state index is 12.0. The Balaban J connectivity index is 2.01. The summed E-state index contributed by atoms with van der Waals surface area (Å²) in [6.07, 6.45) is 6.73. The molecule has 0 spiro atoms. The average Bonchev–Trinajstić information content (AvgIpc) is 2.67. The van der Waals surface area contributed by atoms with E-state index >= 15 is 0 Å². The van der Waals surface area contributed by atoms with Crippen molar-refractivity contribution in [3.05, 3.63) is 84.1 Å². The first-order valence-corrected chi connectivity index (χ1v) is 8.88. The van der Waals surface area contributed by atoms with Crippen LogP contribution in [0.15, 0.2) is 73.0 Å². The van der Waals surface area contributed by atoms with Crippen LogP contribution in [0.2, 0.25) is 0 Å². The molecule has 25 heavy (non-hydrogen) atoms. The minimum absolute atomic E-state index is 0.0856. The van der Waals surface area contributed by atoms with Crippen molar-refractivity contribution in [1.82, 2.24) is 0 Å². The number of hydrogen-bond donors (Lipinski definition) is 1. The first kappa shape index (κ1) is 18.9. The Bertz CT molecular complexity index is 649. The van der Waals surface area contributed by atoms with E-state index in [4.69, 9.17) is 4.74 Å². The lowest BCUT2D eigenvalue weighted by molar-refractivity contribution is 0.0655. The van der Waals surface area contributed by atoms with Gasteiger partial charge in [0.1, 0.15) is 0 Å². The molecule has 0 aliphatic rings. The first-order chi connectivity index (χ1) is 12.2. The minimum atomic E-state index is -0.607. The maximum Gasteiger partial charge on any atom is 0.342 e. The molecule has 0 fully saturated rings. The van der Waals surface area contributed by atoms with Crippen molar-refractivity contribution in [2.75, 3.05) is 0 Å². The Morgan fingerprint density at radius 3 is 2.32 bits per heavy atom. The molecule has 0 heterocycles. The third kappa shape index (κ3) is 6.20. The van der Waals surface area contributed by atoms with Crippen molar-refractivity contribution in [1.29, 1.82) is 0 Å². The minimum Gasteiger partial charge on any atom is -0.431 e. The molecule has 132 valence electrons. The summed E-state index contributed by atoms with van der Waals surface area (Å²) in [4.78, 5) is 12.0. The van der Waals surface area contributed by atoms with Crippen LogP contribution in [0.25, 0.3) is 0 Å². The fourth-order valence-electron chi connectivity index (χ4n) is 2.73. The van der Waals surface area contributed by atoms with Crippen molar-refractivity contribution < 1.29 is 14.6 Å². The van der Waals surface area contributed by atoms with E-state index in [2.05, 4.69) is 6.92 Å². The summed E-state index contributed by atoms with van der Waals surface area (Å²) in [5, 5.41) is 10.7. The van der Waals surface area contributed by atoms with Gasteiger partial charge in [0, 0.05) is 5.92 Å². The number of hydrogen-bond acceptors (Lipinski definition) is 3. The summed E-state index contributed by atoms with van der Waals surface area (Å²) >= 11 is 0. The molecule has 0 unspecified atom stereocenters. The first-order valence-electron chi connectivity index (χ1n) is 8.88. The smallest absolute Gasteiger partial charge is 0.342 e. The second-order valence-corrected chi connectivity index (χ2v) is 6.12. The van der Waals surface area contributed by atoms with Crippen LogP contribution in [-0.4, -0.2) is 11.1 Å². The quantitative estimate of drug-likeness (QED) is 0.384. The van der Waals surface area contributed by atoms with Crippen LogP contribution < -0.4 is 0 Å². The van der Waals surface area contributed by atoms with E-state index < -0.39 is 12.1 Å². The van der Waals surface area contributed by atoms with Crippen molar-refractivity contribution in [3.63, 3.8) is 0 Å². The Kier molecular flexibility index (Phi) is 7.93. The number of rotatable bonds is 9. The van der Waals surface area contributed by atoms with Gasteiger partial charge in [-0.05, 0) is 30.2 Å². The second kappa shape index (κ2) is 10.5. The lowest BCUT2D eigenvalue weighted by Gasteiger charge is -2.20. The summed E-state index contributed by atoms with van der Waals surface area (Å²) in [5.41, 5.74) is 1.39. The van der Waals surface area contributed by atoms with Gasteiger partial charge in [-0.2, -0.15) is 0 Å². The van der Waals surface area contributed by atoms with Crippen LogP contribution in [0.4, 0.5) is 0 Å². The highest BCUT2D eigenvalue weighted by Crippen LogP contribution is 2.27. The van der Waals surface area contributed by atoms with E-state index in [1.54, 1.807) is 30.3 Å². The summed E-state index contributed by atoms with van der Waals surface area (Å²) < 4.78 is 5.22. The highest BCUT2D eigenvalue weighted by molar-refractivity contribution is 5.89. The molecule has 0 saturated heterocycles. The Morgan fingerprint density at radius 2 is 1.68 bits per heavy atom. The molecular formula is C22H26O3. The maximum absolute atomic E-state index is 12.0. The summed E-state index contributed by atoms with van der Waals surface area (Å²) in [5.74, 6) is -0.476. The second-order valence-electron chi connectivity index (χ2n) is 6.12. The van der Waals surface area contributed by atoms with Crippen LogP contribution in [0, 0.1) is 5.92 Å². The predicted octanol–water partition coefficient (Wildman–Crippen LogP) is 5.29. The highest BCUT2D eigenvalue weighted by atomic mass is 16.5. The third-order valence-corrected chi connectivity index (χ3v) is 4.20. The standard InChI is InChI=1S/C22H26O3/c1-2-3-6-11-19(21(23)18-12-7-4-8-13-18)16-17-25-22(24)20-14-9-5-10-15-20/h4-5,7-10,12-17,19,21,23H,2-3,6,11H2,1H3/b17-16-/t19-,21+/m0/s1. The van der Waals surface area contributed by atoms with Crippen molar-refractivity contribution in [2.24, 2.45) is 5.92 Å². The van der Waals surface area contributed by atoms with E-state index in [1.807, 2.05) is 36.4 Å². The van der Waals surface area contributed by atoms with Crippen molar-refractivity contribution in [3.8, 4) is 0 Å². The fourth-order valence-corrected chi connectivity index (χ4v) is 2.73. The van der Waals surface area contributed by atoms with E-state index in [-0.39, 0.29) is 5.92 Å². The normalized spacial score (nSPS) is 13.5. The number of ether oxygens (including phenoxy) is 1. The predicted molar refractivity (Wildman–Crippen MR) is 100 cm³/mol. The SMILES string of the molecule is CCCCC[C@@H](/C=C\OC(=O)c1ccccc1)[C@H](O)c1ccccc1. The molecule has 1 N–H and O–H groups in total. The van der Waals surface area contributed by atoms with Crippen LogP contribution in [0.5, 0.6) is 0 Å². The van der Waals surface area contributed by atoms with Crippen LogP contribution in [0.1, 0.15) is 54.6 Å². The van der Waals surface area contributed by atoms with Gasteiger partial charge in [-0.25, -0.2) is 4.79 Å². The largest absolute Gasteiger partial charge is 0.431 e.